The first-order chi connectivity index (χ1) is 9.89. The van der Waals surface area contributed by atoms with Crippen molar-refractivity contribution in [1.82, 2.24) is 9.88 Å². The number of hydrogen-bond acceptors (Lipinski definition) is 5. The van der Waals surface area contributed by atoms with Crippen LogP contribution in [0.25, 0.3) is 0 Å². The van der Waals surface area contributed by atoms with E-state index in [-0.39, 0.29) is 12.0 Å². The molecular weight excluding hydrogens is 284 g/mol. The average Bonchev–Trinajstić information content (AvgIpc) is 2.97. The lowest BCUT2D eigenvalue weighted by Gasteiger charge is -2.26. The molecule has 1 fully saturated rings. The predicted molar refractivity (Wildman–Crippen MR) is 85.4 cm³/mol. The smallest absolute Gasteiger partial charge is 0.323 e. The molecule has 0 bridgehead atoms. The third-order valence-corrected chi connectivity index (χ3v) is 4.43. The zero-order valence-electron chi connectivity index (χ0n) is 13.5. The molecule has 4 nitrogen and oxygen atoms in total. The van der Waals surface area contributed by atoms with Crippen LogP contribution in [0.2, 0.25) is 0 Å². The maximum atomic E-state index is 12.3. The molecule has 0 spiro atoms. The molecule has 0 unspecified atom stereocenters. The van der Waals surface area contributed by atoms with Gasteiger partial charge in [0.25, 0.3) is 0 Å². The lowest BCUT2D eigenvalue weighted by molar-refractivity contribution is -0.160. The first-order valence-electron chi connectivity index (χ1n) is 7.79. The van der Waals surface area contributed by atoms with E-state index in [1.165, 1.54) is 5.01 Å². The molecule has 0 aliphatic carbocycles. The molecule has 2 heterocycles. The molecule has 0 saturated carbocycles. The van der Waals surface area contributed by atoms with Crippen LogP contribution in [0.4, 0.5) is 0 Å². The Morgan fingerprint density at radius 2 is 2.29 bits per heavy atom. The SMILES string of the molecule is CCCc1nc(CN2CCC[C@@H]2C(=O)OC(C)(C)C)cs1. The van der Waals surface area contributed by atoms with Gasteiger partial charge in [-0.2, -0.15) is 0 Å². The topological polar surface area (TPSA) is 42.4 Å². The molecule has 2 rings (SSSR count). The van der Waals surface area contributed by atoms with E-state index >= 15 is 0 Å². The van der Waals surface area contributed by atoms with Crippen molar-refractivity contribution in [2.24, 2.45) is 0 Å². The fraction of sp³-hybridized carbons (Fsp3) is 0.750. The molecule has 1 atom stereocenters. The molecule has 1 aromatic heterocycles. The van der Waals surface area contributed by atoms with Gasteiger partial charge in [-0.3, -0.25) is 9.69 Å². The first-order valence-corrected chi connectivity index (χ1v) is 8.67. The number of rotatable bonds is 5. The van der Waals surface area contributed by atoms with E-state index in [1.54, 1.807) is 11.3 Å². The van der Waals surface area contributed by atoms with Crippen molar-refractivity contribution >= 4 is 17.3 Å². The van der Waals surface area contributed by atoms with Crippen LogP contribution in [0.15, 0.2) is 5.38 Å². The van der Waals surface area contributed by atoms with Crippen LogP contribution in [0, 0.1) is 0 Å². The monoisotopic (exact) mass is 310 g/mol. The summed E-state index contributed by atoms with van der Waals surface area (Å²) in [6.45, 7) is 9.62. The highest BCUT2D eigenvalue weighted by Gasteiger charge is 2.34. The Morgan fingerprint density at radius 3 is 2.95 bits per heavy atom. The summed E-state index contributed by atoms with van der Waals surface area (Å²) in [7, 11) is 0. The number of esters is 1. The standard InChI is InChI=1S/C16H26N2O2S/c1-5-7-14-17-12(11-21-14)10-18-9-6-8-13(18)15(19)20-16(2,3)4/h11,13H,5-10H2,1-4H3/t13-/m1/s1. The Kier molecular flexibility index (Phi) is 5.38. The van der Waals surface area contributed by atoms with Gasteiger partial charge in [-0.25, -0.2) is 4.98 Å². The van der Waals surface area contributed by atoms with Gasteiger partial charge >= 0.3 is 5.97 Å². The van der Waals surface area contributed by atoms with E-state index in [0.717, 1.165) is 44.5 Å². The van der Waals surface area contributed by atoms with Gasteiger partial charge in [0.15, 0.2) is 0 Å². The second-order valence-electron chi connectivity index (χ2n) is 6.64. The summed E-state index contributed by atoms with van der Waals surface area (Å²) in [5.41, 5.74) is 0.666. The van der Waals surface area contributed by atoms with Crippen molar-refractivity contribution in [3.63, 3.8) is 0 Å². The van der Waals surface area contributed by atoms with Crippen LogP contribution >= 0.6 is 11.3 Å². The molecule has 1 aliphatic rings. The molecule has 0 amide bonds. The number of ether oxygens (including phenoxy) is 1. The molecule has 1 saturated heterocycles. The quantitative estimate of drug-likeness (QED) is 0.782. The van der Waals surface area contributed by atoms with Crippen molar-refractivity contribution in [3.8, 4) is 0 Å². The molecule has 1 aromatic rings. The number of carbonyl (C=O) groups excluding carboxylic acids is 1. The summed E-state index contributed by atoms with van der Waals surface area (Å²) in [5.74, 6) is -0.0935. The van der Waals surface area contributed by atoms with Crippen molar-refractivity contribution in [2.45, 2.75) is 71.6 Å². The zero-order valence-corrected chi connectivity index (χ0v) is 14.3. The summed E-state index contributed by atoms with van der Waals surface area (Å²) in [6, 6.07) is -0.111. The minimum atomic E-state index is -0.416. The average molecular weight is 310 g/mol. The van der Waals surface area contributed by atoms with Crippen LogP contribution in [0.1, 0.15) is 57.7 Å². The van der Waals surface area contributed by atoms with Crippen molar-refractivity contribution < 1.29 is 9.53 Å². The van der Waals surface area contributed by atoms with Gasteiger partial charge in [0.1, 0.15) is 11.6 Å². The largest absolute Gasteiger partial charge is 0.459 e. The Hall–Kier alpha value is -0.940. The predicted octanol–water partition coefficient (Wildman–Crippen LogP) is 3.40. The number of hydrogen-bond donors (Lipinski definition) is 0. The highest BCUT2D eigenvalue weighted by Crippen LogP contribution is 2.24. The summed E-state index contributed by atoms with van der Waals surface area (Å²) in [4.78, 5) is 19.2. The molecule has 1 aliphatic heterocycles. The lowest BCUT2D eigenvalue weighted by atomic mass is 10.1. The summed E-state index contributed by atoms with van der Waals surface area (Å²) >= 11 is 1.72. The van der Waals surface area contributed by atoms with Gasteiger partial charge in [-0.15, -0.1) is 11.3 Å². The molecule has 0 aromatic carbocycles. The van der Waals surface area contributed by atoms with Crippen LogP contribution in [-0.4, -0.2) is 34.0 Å². The van der Waals surface area contributed by atoms with Crippen LogP contribution < -0.4 is 0 Å². The van der Waals surface area contributed by atoms with E-state index in [9.17, 15) is 4.79 Å². The van der Waals surface area contributed by atoms with Crippen LogP contribution in [0.5, 0.6) is 0 Å². The van der Waals surface area contributed by atoms with Crippen molar-refractivity contribution in [3.05, 3.63) is 16.1 Å². The van der Waals surface area contributed by atoms with E-state index in [1.807, 2.05) is 20.8 Å². The minimum Gasteiger partial charge on any atom is -0.459 e. The van der Waals surface area contributed by atoms with Crippen LogP contribution in [0.3, 0.4) is 0 Å². The molecular formula is C16H26N2O2S. The van der Waals surface area contributed by atoms with Gasteiger partial charge in [0.2, 0.25) is 0 Å². The Bertz CT molecular complexity index is 479. The number of aromatic nitrogens is 1. The number of nitrogens with zero attached hydrogens (tertiary/aromatic N) is 2. The van der Waals surface area contributed by atoms with Crippen LogP contribution in [-0.2, 0) is 22.5 Å². The van der Waals surface area contributed by atoms with Crippen molar-refractivity contribution in [2.75, 3.05) is 6.54 Å². The number of likely N-dealkylation sites (tertiary alicyclic amines) is 1. The fourth-order valence-electron chi connectivity index (χ4n) is 2.61. The Balaban J connectivity index is 1.96. The number of thiazole rings is 1. The van der Waals surface area contributed by atoms with E-state index in [0.29, 0.717) is 0 Å². The van der Waals surface area contributed by atoms with E-state index in [4.69, 9.17) is 4.74 Å². The van der Waals surface area contributed by atoms with Gasteiger partial charge in [0, 0.05) is 11.9 Å². The number of carbonyl (C=O) groups is 1. The molecule has 118 valence electrons. The van der Waals surface area contributed by atoms with Gasteiger partial charge in [-0.05, 0) is 53.0 Å². The molecule has 0 radical (unpaired) electrons. The summed E-state index contributed by atoms with van der Waals surface area (Å²) in [6.07, 6.45) is 4.11. The van der Waals surface area contributed by atoms with Crippen molar-refractivity contribution in [1.29, 1.82) is 0 Å². The molecule has 0 N–H and O–H groups in total. The lowest BCUT2D eigenvalue weighted by Crippen LogP contribution is -2.40. The normalized spacial score (nSPS) is 19.9. The third-order valence-electron chi connectivity index (χ3n) is 3.47. The van der Waals surface area contributed by atoms with Gasteiger partial charge in [-0.1, -0.05) is 6.92 Å². The Labute approximate surface area is 131 Å². The summed E-state index contributed by atoms with van der Waals surface area (Å²) in [5, 5.41) is 3.32. The highest BCUT2D eigenvalue weighted by atomic mass is 32.1. The zero-order chi connectivity index (χ0) is 15.5. The second kappa shape index (κ2) is 6.88. The van der Waals surface area contributed by atoms with E-state index < -0.39 is 5.60 Å². The highest BCUT2D eigenvalue weighted by molar-refractivity contribution is 7.09. The maximum absolute atomic E-state index is 12.3. The van der Waals surface area contributed by atoms with Gasteiger partial charge in [0.05, 0.1) is 10.7 Å². The van der Waals surface area contributed by atoms with E-state index in [2.05, 4.69) is 22.2 Å². The third kappa shape index (κ3) is 4.78. The minimum absolute atomic E-state index is 0.0935. The second-order valence-corrected chi connectivity index (χ2v) is 7.59. The maximum Gasteiger partial charge on any atom is 0.323 e. The first kappa shape index (κ1) is 16.4. The molecule has 5 heteroatoms. The summed E-state index contributed by atoms with van der Waals surface area (Å²) < 4.78 is 5.53. The molecule has 21 heavy (non-hydrogen) atoms. The number of aryl methyl sites for hydroxylation is 1. The van der Waals surface area contributed by atoms with Gasteiger partial charge < -0.3 is 4.74 Å². The fourth-order valence-corrected chi connectivity index (χ4v) is 3.50. The Morgan fingerprint density at radius 1 is 1.52 bits per heavy atom.